The minimum Gasteiger partial charge on any atom is -0.477 e. The van der Waals surface area contributed by atoms with Crippen molar-refractivity contribution in [3.05, 3.63) is 58.6 Å². The van der Waals surface area contributed by atoms with Crippen LogP contribution in [0.2, 0.25) is 0 Å². The number of oxime groups is 1. The van der Waals surface area contributed by atoms with E-state index in [1.165, 1.54) is 22.0 Å². The third-order valence-electron chi connectivity index (χ3n) is 5.99. The predicted octanol–water partition coefficient (Wildman–Crippen LogP) is 0.266. The molecule has 0 aliphatic carbocycles. The fraction of sp³-hybridized carbons (Fsp3) is 0.261. The summed E-state index contributed by atoms with van der Waals surface area (Å²) < 4.78 is 16.1. The van der Waals surface area contributed by atoms with Crippen molar-refractivity contribution in [1.29, 1.82) is 5.26 Å². The number of carboxylic acid groups (broad SMARTS) is 1. The third kappa shape index (κ3) is 4.89. The molecule has 16 heteroatoms. The molecular weight excluding hydrogens is 551 g/mol. The molecule has 200 valence electrons. The fourth-order valence-corrected chi connectivity index (χ4v) is 6.15. The molecule has 0 bridgehead atoms. The molecule has 13 nitrogen and oxygen atoms in total. The van der Waals surface area contributed by atoms with Crippen molar-refractivity contribution in [2.45, 2.75) is 18.0 Å². The number of fused-ring (bicyclic) bond motifs is 2. The second-order valence-electron chi connectivity index (χ2n) is 8.37. The van der Waals surface area contributed by atoms with Gasteiger partial charge >= 0.3 is 5.97 Å². The molecule has 3 aromatic rings. The molecule has 3 aromatic heterocycles. The first-order chi connectivity index (χ1) is 18.8. The van der Waals surface area contributed by atoms with Gasteiger partial charge in [0.2, 0.25) is 0 Å². The number of carbonyl (C=O) groups excluding carboxylic acids is 2. The second kappa shape index (κ2) is 10.7. The van der Waals surface area contributed by atoms with Crippen LogP contribution in [0.4, 0.5) is 9.52 Å². The Morgan fingerprint density at radius 3 is 2.95 bits per heavy atom. The molecule has 0 aromatic carbocycles. The lowest BCUT2D eigenvalue weighted by Crippen LogP contribution is -2.71. The number of nitriles is 1. The van der Waals surface area contributed by atoms with Gasteiger partial charge in [0, 0.05) is 22.8 Å². The second-order valence-corrected chi connectivity index (χ2v) is 10.4. The Balaban J connectivity index is 1.36. The number of β-lactam (4-membered cyclic amide) rings is 1. The summed E-state index contributed by atoms with van der Waals surface area (Å²) in [6.07, 6.45) is 5.18. The maximum Gasteiger partial charge on any atom is 0.352 e. The summed E-state index contributed by atoms with van der Waals surface area (Å²) in [6.45, 7) is -0.995. The predicted molar refractivity (Wildman–Crippen MR) is 137 cm³/mol. The van der Waals surface area contributed by atoms with Crippen molar-refractivity contribution in [1.82, 2.24) is 19.6 Å². The van der Waals surface area contributed by atoms with Gasteiger partial charge < -0.3 is 21.0 Å². The molecule has 0 unspecified atom stereocenters. The first kappa shape index (κ1) is 26.1. The minimum atomic E-state index is -1.26. The van der Waals surface area contributed by atoms with E-state index in [9.17, 15) is 23.9 Å². The van der Waals surface area contributed by atoms with Gasteiger partial charge in [-0.05, 0) is 6.07 Å². The van der Waals surface area contributed by atoms with Crippen molar-refractivity contribution < 1.29 is 33.3 Å². The number of hydrogen-bond acceptors (Lipinski definition) is 10. The number of imidazole rings is 1. The summed E-state index contributed by atoms with van der Waals surface area (Å²) in [6, 6.07) is 4.47. The SMILES string of the molecule is N#Cc1ccc2n(cc[n+]2CC2=C(C(=O)O)N3C(=O)[C@@H](NC(=O)C(=NOCCF)c4csc(N)n4)[C@@H]3SC2)c1. The number of thioether (sulfide) groups is 1. The zero-order valence-corrected chi connectivity index (χ0v) is 21.6. The van der Waals surface area contributed by atoms with Gasteiger partial charge in [0.15, 0.2) is 10.8 Å². The standard InChI is InChI=1S/C23H19FN8O5S2/c24-3-6-37-29-16(14-11-39-23(26)27-14)19(33)28-17-20(34)32-18(22(35)36)13(10-38-21(17)32)9-31-5-4-30-8-12(7-25)1-2-15(30)31/h1-2,4-5,8,11,17,21H,3,6,9-10H2,(H3-,26,27,28,33,35,36)/p+1/t17-,21+/m1/s1. The Bertz CT molecular complexity index is 1590. The number of carbonyl (C=O) groups is 3. The Kier molecular flexibility index (Phi) is 7.17. The first-order valence-corrected chi connectivity index (χ1v) is 13.3. The van der Waals surface area contributed by atoms with E-state index in [1.807, 2.05) is 4.57 Å². The van der Waals surface area contributed by atoms with Gasteiger partial charge in [0.25, 0.3) is 17.5 Å². The molecule has 4 N–H and O–H groups in total. The quantitative estimate of drug-likeness (QED) is 0.107. The van der Waals surface area contributed by atoms with E-state index in [0.717, 1.165) is 17.0 Å². The highest BCUT2D eigenvalue weighted by atomic mass is 32.2. The van der Waals surface area contributed by atoms with Gasteiger partial charge in [-0.2, -0.15) is 5.26 Å². The molecule has 1 saturated heterocycles. The molecule has 0 radical (unpaired) electrons. The number of thiazole rings is 1. The number of amides is 2. The number of alkyl halides is 1. The molecule has 5 rings (SSSR count). The van der Waals surface area contributed by atoms with Crippen LogP contribution >= 0.6 is 23.1 Å². The third-order valence-corrected chi connectivity index (χ3v) is 8.00. The van der Waals surface area contributed by atoms with E-state index in [4.69, 9.17) is 15.8 Å². The molecule has 0 saturated carbocycles. The monoisotopic (exact) mass is 571 g/mol. The molecule has 5 heterocycles. The van der Waals surface area contributed by atoms with E-state index in [-0.39, 0.29) is 35.4 Å². The summed E-state index contributed by atoms with van der Waals surface area (Å²) in [4.78, 5) is 48.4. The maximum absolute atomic E-state index is 13.1. The number of anilines is 1. The van der Waals surface area contributed by atoms with Crippen LogP contribution in [0.5, 0.6) is 0 Å². The van der Waals surface area contributed by atoms with E-state index < -0.39 is 35.9 Å². The largest absolute Gasteiger partial charge is 0.477 e. The first-order valence-electron chi connectivity index (χ1n) is 11.4. The van der Waals surface area contributed by atoms with Gasteiger partial charge in [-0.3, -0.25) is 14.5 Å². The normalized spacial score (nSPS) is 18.9. The lowest BCUT2D eigenvalue weighted by molar-refractivity contribution is -0.662. The van der Waals surface area contributed by atoms with Crippen LogP contribution < -0.4 is 15.6 Å². The Morgan fingerprint density at radius 2 is 2.26 bits per heavy atom. The van der Waals surface area contributed by atoms with E-state index >= 15 is 0 Å². The molecule has 0 spiro atoms. The fourth-order valence-electron chi connectivity index (χ4n) is 4.27. The highest BCUT2D eigenvalue weighted by molar-refractivity contribution is 8.00. The van der Waals surface area contributed by atoms with Crippen LogP contribution in [0.25, 0.3) is 5.65 Å². The molecule has 39 heavy (non-hydrogen) atoms. The summed E-state index contributed by atoms with van der Waals surface area (Å²) in [5, 5.41) is 26.3. The van der Waals surface area contributed by atoms with Gasteiger partial charge in [-0.15, -0.1) is 23.1 Å². The van der Waals surface area contributed by atoms with Gasteiger partial charge in [-0.25, -0.2) is 23.1 Å². The summed E-state index contributed by atoms with van der Waals surface area (Å²) in [5.41, 5.74) is 7.06. The minimum absolute atomic E-state index is 0.0981. The zero-order chi connectivity index (χ0) is 27.7. The van der Waals surface area contributed by atoms with E-state index in [2.05, 4.69) is 21.5 Å². The maximum atomic E-state index is 13.1. The van der Waals surface area contributed by atoms with E-state index in [0.29, 0.717) is 16.9 Å². The topological polar surface area (TPSA) is 179 Å². The Morgan fingerprint density at radius 1 is 1.44 bits per heavy atom. The van der Waals surface area contributed by atoms with Crippen molar-refractivity contribution in [2.75, 3.05) is 24.8 Å². The molecular formula is C23H20FN8O5S2+. The number of pyridine rings is 1. The Labute approximate surface area is 228 Å². The lowest BCUT2D eigenvalue weighted by atomic mass is 10.0. The average Bonchev–Trinajstić information content (AvgIpc) is 3.54. The number of halogens is 1. The highest BCUT2D eigenvalue weighted by Gasteiger charge is 2.54. The number of nitrogens with two attached hydrogens (primary N) is 1. The lowest BCUT2D eigenvalue weighted by Gasteiger charge is -2.49. The highest BCUT2D eigenvalue weighted by Crippen LogP contribution is 2.40. The number of hydrogen-bond donors (Lipinski definition) is 3. The summed E-state index contributed by atoms with van der Waals surface area (Å²) in [7, 11) is 0. The molecule has 2 amide bonds. The van der Waals surface area contributed by atoms with Crippen molar-refractivity contribution in [3.8, 4) is 6.07 Å². The van der Waals surface area contributed by atoms with Crippen LogP contribution in [0.15, 0.2) is 52.5 Å². The van der Waals surface area contributed by atoms with Crippen LogP contribution in [0.1, 0.15) is 11.3 Å². The van der Waals surface area contributed by atoms with Crippen LogP contribution in [-0.4, -0.2) is 73.3 Å². The number of nitrogen functional groups attached to an aromatic ring is 1. The van der Waals surface area contributed by atoms with Crippen molar-refractivity contribution >= 4 is 57.4 Å². The molecule has 2 aliphatic heterocycles. The number of nitrogens with one attached hydrogen (secondary N) is 1. The van der Waals surface area contributed by atoms with Crippen molar-refractivity contribution in [2.24, 2.45) is 5.16 Å². The smallest absolute Gasteiger partial charge is 0.352 e. The number of aromatic nitrogens is 3. The molecule has 2 atom stereocenters. The van der Waals surface area contributed by atoms with Crippen LogP contribution in [0.3, 0.4) is 0 Å². The number of aliphatic carboxylic acids is 1. The Hall–Kier alpha value is -4.49. The molecule has 2 aliphatic rings. The van der Waals surface area contributed by atoms with Crippen molar-refractivity contribution in [3.63, 3.8) is 0 Å². The number of carboxylic acids is 1. The van der Waals surface area contributed by atoms with Gasteiger partial charge in [0.05, 0.1) is 5.56 Å². The van der Waals surface area contributed by atoms with Gasteiger partial charge in [-0.1, -0.05) is 5.16 Å². The summed E-state index contributed by atoms with van der Waals surface area (Å²) >= 11 is 2.38. The number of rotatable bonds is 9. The van der Waals surface area contributed by atoms with Gasteiger partial charge in [0.1, 0.15) is 67.3 Å². The van der Waals surface area contributed by atoms with Crippen LogP contribution in [-0.2, 0) is 25.8 Å². The van der Waals surface area contributed by atoms with E-state index in [1.54, 1.807) is 35.1 Å². The number of nitrogens with zero attached hydrogens (tertiary/aromatic N) is 6. The average molecular weight is 572 g/mol. The zero-order valence-electron chi connectivity index (χ0n) is 20.0. The molecule has 1 fully saturated rings. The summed E-state index contributed by atoms with van der Waals surface area (Å²) in [5.74, 6) is -2.35. The van der Waals surface area contributed by atoms with Crippen LogP contribution in [0, 0.1) is 11.3 Å².